The van der Waals surface area contributed by atoms with Gasteiger partial charge in [0.05, 0.1) is 15.9 Å². The first kappa shape index (κ1) is 32.1. The predicted octanol–water partition coefficient (Wildman–Crippen LogP) is 13.6. The lowest BCUT2D eigenvalue weighted by molar-refractivity contribution is 0.669. The summed E-state index contributed by atoms with van der Waals surface area (Å²) in [5.74, 6) is 2.52. The standard InChI is InChI=1S/C49H27N5OS2/c1-3-12-28(13-4-1)43-45-44(34-17-8-10-20-40(34)57-45)51-47(50-43)31-22-24-32-36-26-30(23-25-37(36)55-38(32)27-31)48-52-46(29-14-5-2-6-15-29)53-49(54-48)35-18-11-21-41-42(35)33-16-7-9-19-39(33)56-41/h1-27H. The maximum atomic E-state index is 6.52. The first-order valence-electron chi connectivity index (χ1n) is 18.7. The van der Waals surface area contributed by atoms with Crippen LogP contribution in [-0.4, -0.2) is 24.9 Å². The summed E-state index contributed by atoms with van der Waals surface area (Å²) >= 11 is 3.52. The Hall–Kier alpha value is -7.13. The second-order valence-corrected chi connectivity index (χ2v) is 16.1. The minimum absolute atomic E-state index is 0.599. The van der Waals surface area contributed by atoms with Gasteiger partial charge in [-0.15, -0.1) is 22.7 Å². The van der Waals surface area contributed by atoms with Crippen molar-refractivity contribution in [1.82, 2.24) is 24.9 Å². The number of hydrogen-bond donors (Lipinski definition) is 0. The molecule has 266 valence electrons. The van der Waals surface area contributed by atoms with E-state index in [-0.39, 0.29) is 0 Å². The van der Waals surface area contributed by atoms with E-state index in [9.17, 15) is 0 Å². The van der Waals surface area contributed by atoms with Crippen molar-refractivity contribution in [2.75, 3.05) is 0 Å². The number of aromatic nitrogens is 5. The van der Waals surface area contributed by atoms with Crippen LogP contribution in [0, 0.1) is 0 Å². The van der Waals surface area contributed by atoms with Crippen LogP contribution in [-0.2, 0) is 0 Å². The SMILES string of the molecule is c1ccc(-c2nc(-c3ccc4oc5cc(-c6nc(-c7ccccc7)c7sc8ccccc8c7n6)ccc5c4c3)nc(-c3cccc4sc5ccccc5c34)n2)cc1. The fourth-order valence-electron chi connectivity index (χ4n) is 7.87. The van der Waals surface area contributed by atoms with Crippen molar-refractivity contribution in [3.63, 3.8) is 0 Å². The molecule has 6 nitrogen and oxygen atoms in total. The first-order valence-corrected chi connectivity index (χ1v) is 20.3. The quantitative estimate of drug-likeness (QED) is 0.174. The summed E-state index contributed by atoms with van der Waals surface area (Å²) in [4.78, 5) is 25.7. The minimum Gasteiger partial charge on any atom is -0.456 e. The van der Waals surface area contributed by atoms with Gasteiger partial charge in [0.2, 0.25) is 0 Å². The Morgan fingerprint density at radius 3 is 1.82 bits per heavy atom. The lowest BCUT2D eigenvalue weighted by Crippen LogP contribution is -2.00. The van der Waals surface area contributed by atoms with Crippen molar-refractivity contribution in [2.24, 2.45) is 0 Å². The highest BCUT2D eigenvalue weighted by molar-refractivity contribution is 7.26. The van der Waals surface area contributed by atoms with Crippen molar-refractivity contribution in [3.05, 3.63) is 164 Å². The zero-order valence-electron chi connectivity index (χ0n) is 30.0. The molecule has 0 amide bonds. The molecule has 0 radical (unpaired) electrons. The molecule has 0 bridgehead atoms. The summed E-state index contributed by atoms with van der Waals surface area (Å²) < 4.78 is 11.2. The zero-order chi connectivity index (χ0) is 37.5. The summed E-state index contributed by atoms with van der Waals surface area (Å²) in [7, 11) is 0. The smallest absolute Gasteiger partial charge is 0.164 e. The average Bonchev–Trinajstić information content (AvgIpc) is 3.97. The highest BCUT2D eigenvalue weighted by atomic mass is 32.1. The topological polar surface area (TPSA) is 77.6 Å². The van der Waals surface area contributed by atoms with Crippen LogP contribution in [0.3, 0.4) is 0 Å². The molecule has 0 atom stereocenters. The second kappa shape index (κ2) is 12.7. The minimum atomic E-state index is 0.599. The number of nitrogens with zero attached hydrogens (tertiary/aromatic N) is 5. The molecular weight excluding hydrogens is 739 g/mol. The van der Waals surface area contributed by atoms with Crippen LogP contribution in [0.1, 0.15) is 0 Å². The Kier molecular flexibility index (Phi) is 7.17. The Labute approximate surface area is 333 Å². The van der Waals surface area contributed by atoms with Crippen molar-refractivity contribution in [1.29, 1.82) is 0 Å². The third-order valence-corrected chi connectivity index (χ3v) is 12.9. The maximum absolute atomic E-state index is 6.52. The van der Waals surface area contributed by atoms with Crippen LogP contribution < -0.4 is 0 Å². The van der Waals surface area contributed by atoms with Gasteiger partial charge in [-0.1, -0.05) is 115 Å². The molecule has 7 aromatic carbocycles. The molecule has 5 heterocycles. The van der Waals surface area contributed by atoms with Gasteiger partial charge in [0.15, 0.2) is 23.3 Å². The molecule has 0 N–H and O–H groups in total. The molecule has 12 rings (SSSR count). The van der Waals surface area contributed by atoms with Gasteiger partial charge in [-0.3, -0.25) is 0 Å². The van der Waals surface area contributed by atoms with Gasteiger partial charge in [-0.2, -0.15) is 0 Å². The number of furan rings is 1. The van der Waals surface area contributed by atoms with Crippen LogP contribution in [0.4, 0.5) is 0 Å². The highest BCUT2D eigenvalue weighted by Gasteiger charge is 2.20. The van der Waals surface area contributed by atoms with Crippen molar-refractivity contribution in [2.45, 2.75) is 0 Å². The van der Waals surface area contributed by atoms with Crippen LogP contribution >= 0.6 is 22.7 Å². The van der Waals surface area contributed by atoms with E-state index in [1.165, 1.54) is 19.5 Å². The summed E-state index contributed by atoms with van der Waals surface area (Å²) in [6.45, 7) is 0. The summed E-state index contributed by atoms with van der Waals surface area (Å²) in [5, 5.41) is 5.47. The summed E-state index contributed by atoms with van der Waals surface area (Å²) in [5.41, 5.74) is 8.18. The van der Waals surface area contributed by atoms with E-state index in [4.69, 9.17) is 29.3 Å². The second-order valence-electron chi connectivity index (χ2n) is 14.0. The largest absolute Gasteiger partial charge is 0.456 e. The van der Waals surface area contributed by atoms with E-state index in [0.29, 0.717) is 23.3 Å². The Balaban J connectivity index is 1.01. The Bertz CT molecular complexity index is 3540. The molecule has 0 spiro atoms. The lowest BCUT2D eigenvalue weighted by atomic mass is 10.0. The molecule has 8 heteroatoms. The Morgan fingerprint density at radius 1 is 0.368 bits per heavy atom. The van der Waals surface area contributed by atoms with Gasteiger partial charge in [-0.25, -0.2) is 24.9 Å². The van der Waals surface area contributed by atoms with Gasteiger partial charge in [0.1, 0.15) is 11.2 Å². The third-order valence-electron chi connectivity index (χ3n) is 10.6. The monoisotopic (exact) mass is 765 g/mol. The van der Waals surface area contributed by atoms with Crippen LogP contribution in [0.5, 0.6) is 0 Å². The molecule has 57 heavy (non-hydrogen) atoms. The fraction of sp³-hybridized carbons (Fsp3) is 0. The van der Waals surface area contributed by atoms with Crippen LogP contribution in [0.2, 0.25) is 0 Å². The van der Waals surface area contributed by atoms with Crippen molar-refractivity contribution in [3.8, 4) is 56.8 Å². The molecule has 0 fully saturated rings. The normalized spacial score (nSPS) is 11.9. The number of fused-ring (bicyclic) bond motifs is 9. The number of benzene rings is 7. The van der Waals surface area contributed by atoms with Crippen molar-refractivity contribution < 1.29 is 4.42 Å². The van der Waals surface area contributed by atoms with E-state index < -0.39 is 0 Å². The Morgan fingerprint density at radius 2 is 1.00 bits per heavy atom. The molecule has 0 aliphatic heterocycles. The van der Waals surface area contributed by atoms with E-state index in [1.54, 1.807) is 22.7 Å². The summed E-state index contributed by atoms with van der Waals surface area (Å²) in [6.07, 6.45) is 0. The first-order chi connectivity index (χ1) is 28.2. The molecule has 0 aliphatic rings. The third kappa shape index (κ3) is 5.26. The highest BCUT2D eigenvalue weighted by Crippen LogP contribution is 2.42. The molecule has 0 unspecified atom stereocenters. The number of rotatable bonds is 5. The van der Waals surface area contributed by atoms with Gasteiger partial charge in [-0.05, 0) is 48.5 Å². The van der Waals surface area contributed by atoms with E-state index >= 15 is 0 Å². The maximum Gasteiger partial charge on any atom is 0.164 e. The van der Waals surface area contributed by atoms with Crippen molar-refractivity contribution >= 4 is 85.1 Å². The van der Waals surface area contributed by atoms with Gasteiger partial charge < -0.3 is 4.42 Å². The van der Waals surface area contributed by atoms with E-state index in [1.807, 2.05) is 48.5 Å². The van der Waals surface area contributed by atoms with E-state index in [0.717, 1.165) is 76.4 Å². The molecule has 0 aliphatic carbocycles. The molecule has 0 saturated heterocycles. The van der Waals surface area contributed by atoms with Gasteiger partial charge in [0, 0.05) is 68.8 Å². The summed E-state index contributed by atoms with van der Waals surface area (Å²) in [6, 6.07) is 56.2. The van der Waals surface area contributed by atoms with Gasteiger partial charge in [0.25, 0.3) is 0 Å². The van der Waals surface area contributed by atoms with Gasteiger partial charge >= 0.3 is 0 Å². The lowest BCUT2D eigenvalue weighted by Gasteiger charge is -2.09. The molecule has 0 saturated carbocycles. The average molecular weight is 766 g/mol. The zero-order valence-corrected chi connectivity index (χ0v) is 31.7. The van der Waals surface area contributed by atoms with Crippen LogP contribution in [0.25, 0.3) is 119 Å². The fourth-order valence-corrected chi connectivity index (χ4v) is 10.2. The number of hydrogen-bond acceptors (Lipinski definition) is 8. The number of thiophene rings is 2. The molecular formula is C49H27N5OS2. The molecule has 12 aromatic rings. The van der Waals surface area contributed by atoms with E-state index in [2.05, 4.69) is 115 Å². The predicted molar refractivity (Wildman–Crippen MR) is 236 cm³/mol. The molecule has 5 aromatic heterocycles. The van der Waals surface area contributed by atoms with Crippen LogP contribution in [0.15, 0.2) is 168 Å².